The van der Waals surface area contributed by atoms with Gasteiger partial charge < -0.3 is 10.8 Å². The SMILES string of the molecule is NCc1nn(-c2ccccc2O)c2c1CCC2. The molecule has 17 heavy (non-hydrogen) atoms. The number of rotatable bonds is 2. The number of phenols is 1. The fourth-order valence-corrected chi connectivity index (χ4v) is 2.52. The average molecular weight is 229 g/mol. The highest BCUT2D eigenvalue weighted by atomic mass is 16.3. The van der Waals surface area contributed by atoms with Gasteiger partial charge in [0.05, 0.1) is 5.69 Å². The van der Waals surface area contributed by atoms with Crippen LogP contribution in [0.1, 0.15) is 23.4 Å². The summed E-state index contributed by atoms with van der Waals surface area (Å²) in [5.74, 6) is 0.258. The molecule has 0 fully saturated rings. The Labute approximate surface area is 99.7 Å². The van der Waals surface area contributed by atoms with Crippen LogP contribution in [-0.2, 0) is 19.4 Å². The van der Waals surface area contributed by atoms with Crippen LogP contribution in [-0.4, -0.2) is 14.9 Å². The van der Waals surface area contributed by atoms with Gasteiger partial charge in [-0.3, -0.25) is 0 Å². The molecule has 0 bridgehead atoms. The largest absolute Gasteiger partial charge is 0.506 e. The summed E-state index contributed by atoms with van der Waals surface area (Å²) in [6.45, 7) is 0.461. The van der Waals surface area contributed by atoms with Crippen LogP contribution in [0.2, 0.25) is 0 Å². The van der Waals surface area contributed by atoms with Gasteiger partial charge in [-0.25, -0.2) is 4.68 Å². The van der Waals surface area contributed by atoms with Crippen molar-refractivity contribution in [3.05, 3.63) is 41.2 Å². The summed E-state index contributed by atoms with van der Waals surface area (Å²) in [6, 6.07) is 7.27. The van der Waals surface area contributed by atoms with Gasteiger partial charge in [0.25, 0.3) is 0 Å². The molecule has 0 unspecified atom stereocenters. The van der Waals surface area contributed by atoms with Crippen molar-refractivity contribution in [2.24, 2.45) is 5.73 Å². The number of para-hydroxylation sites is 2. The van der Waals surface area contributed by atoms with E-state index in [1.807, 2.05) is 22.9 Å². The van der Waals surface area contributed by atoms with Crippen molar-refractivity contribution in [1.82, 2.24) is 9.78 Å². The van der Waals surface area contributed by atoms with Gasteiger partial charge in [0, 0.05) is 12.2 Å². The number of nitrogens with zero attached hydrogens (tertiary/aromatic N) is 2. The topological polar surface area (TPSA) is 64.1 Å². The Hall–Kier alpha value is -1.81. The van der Waals surface area contributed by atoms with Gasteiger partial charge in [0.2, 0.25) is 0 Å². The van der Waals surface area contributed by atoms with Crippen LogP contribution in [0.3, 0.4) is 0 Å². The molecule has 1 aliphatic rings. The third-order valence-corrected chi connectivity index (χ3v) is 3.32. The van der Waals surface area contributed by atoms with Gasteiger partial charge in [-0.2, -0.15) is 5.10 Å². The summed E-state index contributed by atoms with van der Waals surface area (Å²) < 4.78 is 1.85. The number of nitrogens with two attached hydrogens (primary N) is 1. The Bertz CT molecular complexity index is 560. The van der Waals surface area contributed by atoms with Gasteiger partial charge in [-0.05, 0) is 37.0 Å². The molecule has 2 aromatic rings. The maximum atomic E-state index is 9.89. The molecule has 3 N–H and O–H groups in total. The molecule has 1 aromatic carbocycles. The van der Waals surface area contributed by atoms with Crippen LogP contribution in [0, 0.1) is 0 Å². The third kappa shape index (κ3) is 1.52. The summed E-state index contributed by atoms with van der Waals surface area (Å²) in [5.41, 5.74) is 9.89. The Morgan fingerprint density at radius 3 is 2.88 bits per heavy atom. The lowest BCUT2D eigenvalue weighted by atomic mass is 10.2. The second-order valence-corrected chi connectivity index (χ2v) is 4.33. The highest BCUT2D eigenvalue weighted by molar-refractivity contribution is 5.48. The predicted molar refractivity (Wildman–Crippen MR) is 65.1 cm³/mol. The summed E-state index contributed by atoms with van der Waals surface area (Å²) in [6.07, 6.45) is 3.21. The molecule has 0 saturated carbocycles. The highest BCUT2D eigenvalue weighted by Gasteiger charge is 2.23. The standard InChI is InChI=1S/C13H15N3O/c14-8-10-9-4-3-6-11(9)16(15-10)12-5-1-2-7-13(12)17/h1-2,5,7,17H,3-4,6,8,14H2. The summed E-state index contributed by atoms with van der Waals surface area (Å²) >= 11 is 0. The van der Waals surface area contributed by atoms with Crippen molar-refractivity contribution in [2.75, 3.05) is 0 Å². The summed E-state index contributed by atoms with van der Waals surface area (Å²) in [5, 5.41) is 14.4. The molecular weight excluding hydrogens is 214 g/mol. The van der Waals surface area contributed by atoms with Crippen molar-refractivity contribution in [1.29, 1.82) is 0 Å². The first-order chi connectivity index (χ1) is 8.31. The van der Waals surface area contributed by atoms with Crippen LogP contribution in [0.4, 0.5) is 0 Å². The quantitative estimate of drug-likeness (QED) is 0.820. The van der Waals surface area contributed by atoms with E-state index in [0.29, 0.717) is 6.54 Å². The van der Waals surface area contributed by atoms with Crippen molar-refractivity contribution >= 4 is 0 Å². The number of benzene rings is 1. The van der Waals surface area contributed by atoms with E-state index in [2.05, 4.69) is 5.10 Å². The third-order valence-electron chi connectivity index (χ3n) is 3.32. The van der Waals surface area contributed by atoms with Crippen LogP contribution in [0.5, 0.6) is 5.75 Å². The molecule has 1 heterocycles. The van der Waals surface area contributed by atoms with Crippen molar-refractivity contribution in [3.63, 3.8) is 0 Å². The number of aromatic nitrogens is 2. The maximum absolute atomic E-state index is 9.89. The predicted octanol–water partition coefficient (Wildman–Crippen LogP) is 1.53. The highest BCUT2D eigenvalue weighted by Crippen LogP contribution is 2.30. The summed E-state index contributed by atoms with van der Waals surface area (Å²) in [4.78, 5) is 0. The molecule has 0 saturated heterocycles. The molecule has 3 rings (SSSR count). The van der Waals surface area contributed by atoms with Gasteiger partial charge in [0.15, 0.2) is 0 Å². The lowest BCUT2D eigenvalue weighted by molar-refractivity contribution is 0.469. The zero-order valence-corrected chi connectivity index (χ0v) is 9.56. The number of hydrogen-bond donors (Lipinski definition) is 2. The molecule has 0 amide bonds. The number of hydrogen-bond acceptors (Lipinski definition) is 3. The van der Waals surface area contributed by atoms with E-state index < -0.39 is 0 Å². The Morgan fingerprint density at radius 2 is 2.12 bits per heavy atom. The van der Waals surface area contributed by atoms with E-state index in [1.54, 1.807) is 6.07 Å². The Morgan fingerprint density at radius 1 is 1.29 bits per heavy atom. The molecule has 4 nitrogen and oxygen atoms in total. The van der Waals surface area contributed by atoms with E-state index in [9.17, 15) is 5.11 Å². The number of fused-ring (bicyclic) bond motifs is 1. The van der Waals surface area contributed by atoms with Gasteiger partial charge in [0.1, 0.15) is 11.4 Å². The summed E-state index contributed by atoms with van der Waals surface area (Å²) in [7, 11) is 0. The fourth-order valence-electron chi connectivity index (χ4n) is 2.52. The molecule has 4 heteroatoms. The van der Waals surface area contributed by atoms with E-state index >= 15 is 0 Å². The first-order valence-corrected chi connectivity index (χ1v) is 5.89. The van der Waals surface area contributed by atoms with E-state index in [4.69, 9.17) is 5.73 Å². The maximum Gasteiger partial charge on any atom is 0.141 e. The fraction of sp³-hybridized carbons (Fsp3) is 0.308. The Balaban J connectivity index is 2.19. The van der Waals surface area contributed by atoms with E-state index in [1.165, 1.54) is 11.3 Å². The first-order valence-electron chi connectivity index (χ1n) is 5.89. The second-order valence-electron chi connectivity index (χ2n) is 4.33. The van der Waals surface area contributed by atoms with Gasteiger partial charge in [-0.1, -0.05) is 12.1 Å². The Kier molecular flexibility index (Phi) is 2.37. The molecular formula is C13H15N3O. The van der Waals surface area contributed by atoms with E-state index in [-0.39, 0.29) is 5.75 Å². The van der Waals surface area contributed by atoms with Crippen molar-refractivity contribution in [2.45, 2.75) is 25.8 Å². The molecule has 0 aliphatic heterocycles. The minimum Gasteiger partial charge on any atom is -0.506 e. The van der Waals surface area contributed by atoms with Crippen LogP contribution in [0.25, 0.3) is 5.69 Å². The average Bonchev–Trinajstić information content (AvgIpc) is 2.91. The molecule has 1 aliphatic carbocycles. The van der Waals surface area contributed by atoms with Gasteiger partial charge in [-0.15, -0.1) is 0 Å². The lowest BCUT2D eigenvalue weighted by Gasteiger charge is -2.07. The van der Waals surface area contributed by atoms with Gasteiger partial charge >= 0.3 is 0 Å². The second kappa shape index (κ2) is 3.89. The molecule has 0 radical (unpaired) electrons. The zero-order valence-electron chi connectivity index (χ0n) is 9.56. The normalized spacial score (nSPS) is 13.9. The van der Waals surface area contributed by atoms with Crippen molar-refractivity contribution in [3.8, 4) is 11.4 Å². The van der Waals surface area contributed by atoms with Crippen LogP contribution in [0.15, 0.2) is 24.3 Å². The smallest absolute Gasteiger partial charge is 0.141 e. The zero-order chi connectivity index (χ0) is 11.8. The van der Waals surface area contributed by atoms with Crippen LogP contribution < -0.4 is 5.73 Å². The number of aromatic hydroxyl groups is 1. The van der Waals surface area contributed by atoms with E-state index in [0.717, 1.165) is 30.6 Å². The lowest BCUT2D eigenvalue weighted by Crippen LogP contribution is -2.04. The molecule has 1 aromatic heterocycles. The molecule has 88 valence electrons. The molecule has 0 spiro atoms. The number of phenolic OH excluding ortho intramolecular Hbond substituents is 1. The monoisotopic (exact) mass is 229 g/mol. The first kappa shape index (κ1) is 10.4. The minimum atomic E-state index is 0.258. The minimum absolute atomic E-state index is 0.258. The molecule has 0 atom stereocenters. The van der Waals surface area contributed by atoms with Crippen LogP contribution >= 0.6 is 0 Å². The van der Waals surface area contributed by atoms with Crippen molar-refractivity contribution < 1.29 is 5.11 Å².